The SMILES string of the molecule is C=C(OC(=C)C(C)OCCCC)C(C)OCCCC. The van der Waals surface area contributed by atoms with E-state index >= 15 is 0 Å². The minimum absolute atomic E-state index is 0.119. The normalized spacial score (nSPS) is 13.9. The minimum atomic E-state index is -0.119. The second-order valence-electron chi connectivity index (χ2n) is 4.77. The summed E-state index contributed by atoms with van der Waals surface area (Å²) in [5, 5.41) is 0. The van der Waals surface area contributed by atoms with Crippen molar-refractivity contribution in [2.45, 2.75) is 65.6 Å². The molecule has 3 nitrogen and oxygen atoms in total. The topological polar surface area (TPSA) is 27.7 Å². The van der Waals surface area contributed by atoms with E-state index in [9.17, 15) is 0 Å². The standard InChI is InChI=1S/C16H30O3/c1-7-9-11-17-13(3)15(5)19-16(6)14(4)18-12-10-8-2/h13-14H,5-12H2,1-4H3. The molecule has 0 saturated heterocycles. The van der Waals surface area contributed by atoms with E-state index in [2.05, 4.69) is 27.0 Å². The molecule has 19 heavy (non-hydrogen) atoms. The number of unbranched alkanes of at least 4 members (excludes halogenated alkanes) is 2. The van der Waals surface area contributed by atoms with Crippen molar-refractivity contribution in [1.82, 2.24) is 0 Å². The summed E-state index contributed by atoms with van der Waals surface area (Å²) in [6, 6.07) is 0. The maximum Gasteiger partial charge on any atom is 0.125 e. The van der Waals surface area contributed by atoms with Gasteiger partial charge >= 0.3 is 0 Å². The molecule has 0 aliphatic carbocycles. The number of rotatable bonds is 12. The van der Waals surface area contributed by atoms with Crippen LogP contribution in [0.4, 0.5) is 0 Å². The Kier molecular flexibility index (Phi) is 10.6. The van der Waals surface area contributed by atoms with Gasteiger partial charge in [-0.15, -0.1) is 0 Å². The fourth-order valence-corrected chi connectivity index (χ4v) is 1.33. The lowest BCUT2D eigenvalue weighted by Gasteiger charge is -2.21. The van der Waals surface area contributed by atoms with Crippen LogP contribution in [0.25, 0.3) is 0 Å². The number of ether oxygens (including phenoxy) is 3. The van der Waals surface area contributed by atoms with Crippen molar-refractivity contribution in [1.29, 1.82) is 0 Å². The highest BCUT2D eigenvalue weighted by Gasteiger charge is 2.14. The predicted molar refractivity (Wildman–Crippen MR) is 80.0 cm³/mol. The van der Waals surface area contributed by atoms with Gasteiger partial charge in [-0.05, 0) is 26.7 Å². The largest absolute Gasteiger partial charge is 0.462 e. The van der Waals surface area contributed by atoms with Crippen molar-refractivity contribution >= 4 is 0 Å². The molecule has 0 aromatic heterocycles. The molecule has 0 amide bonds. The molecule has 0 aliphatic heterocycles. The predicted octanol–water partition coefficient (Wildman–Crippen LogP) is 4.44. The average Bonchev–Trinajstić information content (AvgIpc) is 2.38. The summed E-state index contributed by atoms with van der Waals surface area (Å²) >= 11 is 0. The van der Waals surface area contributed by atoms with Gasteiger partial charge in [-0.3, -0.25) is 0 Å². The molecule has 0 saturated carbocycles. The molecule has 0 N–H and O–H groups in total. The first-order valence-corrected chi connectivity index (χ1v) is 7.31. The van der Waals surface area contributed by atoms with Gasteiger partial charge < -0.3 is 14.2 Å². The van der Waals surface area contributed by atoms with Crippen molar-refractivity contribution in [3.63, 3.8) is 0 Å². The van der Waals surface area contributed by atoms with Crippen molar-refractivity contribution in [2.24, 2.45) is 0 Å². The van der Waals surface area contributed by atoms with Gasteiger partial charge in [0.2, 0.25) is 0 Å². The first-order chi connectivity index (χ1) is 9.02. The van der Waals surface area contributed by atoms with Crippen LogP contribution in [0.1, 0.15) is 53.4 Å². The molecule has 0 aliphatic rings. The molecule has 112 valence electrons. The molecule has 2 atom stereocenters. The van der Waals surface area contributed by atoms with Crippen LogP contribution < -0.4 is 0 Å². The fraction of sp³-hybridized carbons (Fsp3) is 0.750. The zero-order chi connectivity index (χ0) is 14.7. The third-order valence-electron chi connectivity index (χ3n) is 2.90. The lowest BCUT2D eigenvalue weighted by molar-refractivity contribution is 0.0224. The Morgan fingerprint density at radius 3 is 1.53 bits per heavy atom. The van der Waals surface area contributed by atoms with Crippen LogP contribution >= 0.6 is 0 Å². The van der Waals surface area contributed by atoms with Crippen LogP contribution in [-0.2, 0) is 14.2 Å². The van der Waals surface area contributed by atoms with E-state index in [1.807, 2.05) is 13.8 Å². The molecule has 0 aromatic carbocycles. The van der Waals surface area contributed by atoms with Crippen LogP contribution in [-0.4, -0.2) is 25.4 Å². The quantitative estimate of drug-likeness (QED) is 0.387. The Bertz CT molecular complexity index is 235. The van der Waals surface area contributed by atoms with Crippen molar-refractivity contribution in [3.8, 4) is 0 Å². The summed E-state index contributed by atoms with van der Waals surface area (Å²) in [5.74, 6) is 1.18. The van der Waals surface area contributed by atoms with Crippen LogP contribution in [0.2, 0.25) is 0 Å². The third-order valence-corrected chi connectivity index (χ3v) is 2.90. The molecule has 0 aromatic rings. The van der Waals surface area contributed by atoms with Gasteiger partial charge in [0.1, 0.15) is 23.7 Å². The van der Waals surface area contributed by atoms with E-state index in [1.54, 1.807) is 0 Å². The van der Waals surface area contributed by atoms with Gasteiger partial charge in [-0.2, -0.15) is 0 Å². The summed E-state index contributed by atoms with van der Waals surface area (Å²) < 4.78 is 16.8. The van der Waals surface area contributed by atoms with Crippen LogP contribution in [0.15, 0.2) is 24.7 Å². The van der Waals surface area contributed by atoms with Crippen LogP contribution in [0.3, 0.4) is 0 Å². The van der Waals surface area contributed by atoms with Crippen molar-refractivity contribution in [3.05, 3.63) is 24.7 Å². The van der Waals surface area contributed by atoms with E-state index in [1.165, 1.54) is 0 Å². The summed E-state index contributed by atoms with van der Waals surface area (Å²) in [5.41, 5.74) is 0. The third kappa shape index (κ3) is 8.84. The van der Waals surface area contributed by atoms with Crippen molar-refractivity contribution < 1.29 is 14.2 Å². The van der Waals surface area contributed by atoms with E-state index in [0.29, 0.717) is 11.5 Å². The number of hydrogen-bond donors (Lipinski definition) is 0. The van der Waals surface area contributed by atoms with Gasteiger partial charge in [-0.1, -0.05) is 39.8 Å². The first kappa shape index (κ1) is 18.2. The lowest BCUT2D eigenvalue weighted by Crippen LogP contribution is -2.18. The Morgan fingerprint density at radius 2 is 1.21 bits per heavy atom. The number of hydrogen-bond acceptors (Lipinski definition) is 3. The highest BCUT2D eigenvalue weighted by molar-refractivity contribution is 5.01. The van der Waals surface area contributed by atoms with Crippen LogP contribution in [0.5, 0.6) is 0 Å². The average molecular weight is 270 g/mol. The second kappa shape index (κ2) is 11.1. The van der Waals surface area contributed by atoms with Gasteiger partial charge in [-0.25, -0.2) is 0 Å². The first-order valence-electron chi connectivity index (χ1n) is 7.31. The summed E-state index contributed by atoms with van der Waals surface area (Å²) in [6.45, 7) is 17.4. The smallest absolute Gasteiger partial charge is 0.125 e. The molecule has 0 spiro atoms. The molecule has 0 rings (SSSR count). The molecular formula is C16H30O3. The Balaban J connectivity index is 3.92. The van der Waals surface area contributed by atoms with Crippen molar-refractivity contribution in [2.75, 3.05) is 13.2 Å². The zero-order valence-electron chi connectivity index (χ0n) is 13.0. The maximum absolute atomic E-state index is 5.62. The Labute approximate surface area is 118 Å². The lowest BCUT2D eigenvalue weighted by atomic mass is 10.3. The monoisotopic (exact) mass is 270 g/mol. The van der Waals surface area contributed by atoms with E-state index in [0.717, 1.165) is 38.9 Å². The van der Waals surface area contributed by atoms with Gasteiger partial charge in [0.15, 0.2) is 0 Å². The van der Waals surface area contributed by atoms with E-state index < -0.39 is 0 Å². The summed E-state index contributed by atoms with van der Waals surface area (Å²) in [6.07, 6.45) is 4.10. The van der Waals surface area contributed by atoms with Gasteiger partial charge in [0.05, 0.1) is 0 Å². The molecular weight excluding hydrogens is 240 g/mol. The van der Waals surface area contributed by atoms with Gasteiger partial charge in [0, 0.05) is 13.2 Å². The van der Waals surface area contributed by atoms with Crippen LogP contribution in [0, 0.1) is 0 Å². The summed E-state index contributed by atoms with van der Waals surface area (Å²) in [4.78, 5) is 0. The molecule has 0 fully saturated rings. The Hall–Kier alpha value is -0.800. The molecule has 0 heterocycles. The molecule has 0 bridgehead atoms. The molecule has 2 unspecified atom stereocenters. The minimum Gasteiger partial charge on any atom is -0.462 e. The van der Waals surface area contributed by atoms with Gasteiger partial charge in [0.25, 0.3) is 0 Å². The highest BCUT2D eigenvalue weighted by Crippen LogP contribution is 2.15. The zero-order valence-corrected chi connectivity index (χ0v) is 13.0. The summed E-state index contributed by atoms with van der Waals surface area (Å²) in [7, 11) is 0. The Morgan fingerprint density at radius 1 is 0.842 bits per heavy atom. The highest BCUT2D eigenvalue weighted by atomic mass is 16.6. The maximum atomic E-state index is 5.62. The molecule has 3 heteroatoms. The van der Waals surface area contributed by atoms with E-state index in [4.69, 9.17) is 14.2 Å². The molecule has 0 radical (unpaired) electrons. The second-order valence-corrected chi connectivity index (χ2v) is 4.77. The van der Waals surface area contributed by atoms with E-state index in [-0.39, 0.29) is 12.2 Å². The fourth-order valence-electron chi connectivity index (χ4n) is 1.33.